The first-order valence-electron chi connectivity index (χ1n) is 4.12. The third-order valence-electron chi connectivity index (χ3n) is 1.89. The van der Waals surface area contributed by atoms with Gasteiger partial charge in [-0.3, -0.25) is 10.1 Å². The summed E-state index contributed by atoms with van der Waals surface area (Å²) in [4.78, 5) is 20.8. The molecule has 0 unspecified atom stereocenters. The SMILES string of the molecule is COC(=O)c1cccc(C(F)F)c1[N+](=O)[O-]. The molecule has 1 rings (SSSR count). The van der Waals surface area contributed by atoms with E-state index in [1.54, 1.807) is 0 Å². The van der Waals surface area contributed by atoms with Crippen LogP contribution in [0.2, 0.25) is 0 Å². The first-order chi connectivity index (χ1) is 7.49. The Kier molecular flexibility index (Phi) is 3.49. The number of hydrogen-bond donors (Lipinski definition) is 0. The van der Waals surface area contributed by atoms with E-state index in [1.807, 2.05) is 0 Å². The number of hydrogen-bond acceptors (Lipinski definition) is 4. The van der Waals surface area contributed by atoms with Crippen molar-refractivity contribution >= 4 is 11.7 Å². The second-order valence-electron chi connectivity index (χ2n) is 2.79. The van der Waals surface area contributed by atoms with E-state index in [-0.39, 0.29) is 0 Å². The van der Waals surface area contributed by atoms with Gasteiger partial charge in [-0.25, -0.2) is 13.6 Å². The topological polar surface area (TPSA) is 69.4 Å². The largest absolute Gasteiger partial charge is 0.465 e. The number of halogens is 2. The van der Waals surface area contributed by atoms with Crippen LogP contribution in [0, 0.1) is 10.1 Å². The maximum absolute atomic E-state index is 12.5. The van der Waals surface area contributed by atoms with Crippen molar-refractivity contribution < 1.29 is 23.2 Å². The van der Waals surface area contributed by atoms with Gasteiger partial charge in [-0.15, -0.1) is 0 Å². The predicted molar refractivity (Wildman–Crippen MR) is 49.4 cm³/mol. The minimum atomic E-state index is -3.02. The van der Waals surface area contributed by atoms with Crippen LogP contribution in [0.15, 0.2) is 18.2 Å². The summed E-state index contributed by atoms with van der Waals surface area (Å²) in [5.74, 6) is -1.02. The normalized spacial score (nSPS) is 10.2. The van der Waals surface area contributed by atoms with Gasteiger partial charge in [-0.2, -0.15) is 0 Å². The Bertz CT molecular complexity index is 434. The number of benzene rings is 1. The lowest BCUT2D eigenvalue weighted by molar-refractivity contribution is -0.386. The molecule has 7 heteroatoms. The lowest BCUT2D eigenvalue weighted by Gasteiger charge is -2.05. The fourth-order valence-corrected chi connectivity index (χ4v) is 1.22. The van der Waals surface area contributed by atoms with Gasteiger partial charge in [0, 0.05) is 0 Å². The minimum absolute atomic E-state index is 0.481. The summed E-state index contributed by atoms with van der Waals surface area (Å²) in [6.07, 6.45) is -3.02. The Balaban J connectivity index is 3.44. The quantitative estimate of drug-likeness (QED) is 0.454. The summed E-state index contributed by atoms with van der Waals surface area (Å²) in [5.41, 5.74) is -2.19. The van der Waals surface area contributed by atoms with Gasteiger partial charge in [0.05, 0.1) is 17.6 Å². The molecule has 0 saturated carbocycles. The number of methoxy groups -OCH3 is 1. The van der Waals surface area contributed by atoms with Crippen LogP contribution in [0.4, 0.5) is 14.5 Å². The van der Waals surface area contributed by atoms with E-state index in [4.69, 9.17) is 0 Å². The zero-order chi connectivity index (χ0) is 12.3. The molecule has 0 heterocycles. The van der Waals surface area contributed by atoms with Crippen molar-refractivity contribution in [3.8, 4) is 0 Å². The van der Waals surface area contributed by atoms with Crippen LogP contribution in [0.3, 0.4) is 0 Å². The third kappa shape index (κ3) is 2.13. The Morgan fingerprint density at radius 2 is 2.12 bits per heavy atom. The molecule has 5 nitrogen and oxygen atoms in total. The number of carbonyl (C=O) groups is 1. The molecule has 0 aliphatic rings. The van der Waals surface area contributed by atoms with Crippen molar-refractivity contribution in [1.82, 2.24) is 0 Å². The number of nitro benzene ring substituents is 1. The van der Waals surface area contributed by atoms with Crippen molar-refractivity contribution in [3.63, 3.8) is 0 Å². The molecular weight excluding hydrogens is 224 g/mol. The highest BCUT2D eigenvalue weighted by Crippen LogP contribution is 2.31. The van der Waals surface area contributed by atoms with Crippen LogP contribution < -0.4 is 0 Å². The molecule has 0 bridgehead atoms. The van der Waals surface area contributed by atoms with E-state index in [0.717, 1.165) is 25.3 Å². The third-order valence-corrected chi connectivity index (χ3v) is 1.89. The first-order valence-corrected chi connectivity index (χ1v) is 4.12. The standard InChI is InChI=1S/C9H7F2NO4/c1-16-9(13)6-4-2-3-5(8(10)11)7(6)12(14)15/h2-4,8H,1H3. The van der Waals surface area contributed by atoms with Crippen molar-refractivity contribution in [3.05, 3.63) is 39.4 Å². The molecule has 0 fully saturated rings. The van der Waals surface area contributed by atoms with E-state index >= 15 is 0 Å². The maximum atomic E-state index is 12.5. The highest BCUT2D eigenvalue weighted by molar-refractivity contribution is 5.94. The zero-order valence-electron chi connectivity index (χ0n) is 8.15. The first kappa shape index (κ1) is 12.0. The van der Waals surface area contributed by atoms with Gasteiger partial charge < -0.3 is 4.74 Å². The Labute approximate surface area is 88.8 Å². The van der Waals surface area contributed by atoms with E-state index in [2.05, 4.69) is 4.74 Å². The predicted octanol–water partition coefficient (Wildman–Crippen LogP) is 2.32. The van der Waals surface area contributed by atoms with Crippen LogP contribution >= 0.6 is 0 Å². The number of rotatable bonds is 3. The van der Waals surface area contributed by atoms with E-state index in [1.165, 1.54) is 0 Å². The molecule has 0 aliphatic heterocycles. The van der Waals surface area contributed by atoms with Crippen LogP contribution in [-0.2, 0) is 4.74 Å². The van der Waals surface area contributed by atoms with E-state index in [9.17, 15) is 23.7 Å². The maximum Gasteiger partial charge on any atom is 0.344 e. The lowest BCUT2D eigenvalue weighted by Crippen LogP contribution is -2.08. The van der Waals surface area contributed by atoms with Crippen molar-refractivity contribution in [1.29, 1.82) is 0 Å². The van der Waals surface area contributed by atoms with Gasteiger partial charge in [0.25, 0.3) is 12.1 Å². The van der Waals surface area contributed by atoms with Gasteiger partial charge in [-0.05, 0) is 12.1 Å². The van der Waals surface area contributed by atoms with Crippen LogP contribution in [-0.4, -0.2) is 18.0 Å². The van der Waals surface area contributed by atoms with Crippen LogP contribution in [0.25, 0.3) is 0 Å². The summed E-state index contributed by atoms with van der Waals surface area (Å²) in [6.45, 7) is 0. The highest BCUT2D eigenvalue weighted by atomic mass is 19.3. The lowest BCUT2D eigenvalue weighted by atomic mass is 10.1. The Morgan fingerprint density at radius 3 is 2.56 bits per heavy atom. The van der Waals surface area contributed by atoms with E-state index < -0.39 is 34.1 Å². The van der Waals surface area contributed by atoms with Gasteiger partial charge >= 0.3 is 5.97 Å². The van der Waals surface area contributed by atoms with Crippen LogP contribution in [0.5, 0.6) is 0 Å². The monoisotopic (exact) mass is 231 g/mol. The Hall–Kier alpha value is -2.05. The number of carbonyl (C=O) groups excluding carboxylic acids is 1. The number of nitrogens with zero attached hydrogens (tertiary/aromatic N) is 1. The van der Waals surface area contributed by atoms with Crippen molar-refractivity contribution in [2.45, 2.75) is 6.43 Å². The fourth-order valence-electron chi connectivity index (χ4n) is 1.22. The number of ether oxygens (including phenoxy) is 1. The molecule has 0 aliphatic carbocycles. The smallest absolute Gasteiger partial charge is 0.344 e. The molecule has 16 heavy (non-hydrogen) atoms. The van der Waals surface area contributed by atoms with Crippen LogP contribution in [0.1, 0.15) is 22.3 Å². The molecule has 0 aromatic heterocycles. The molecule has 0 atom stereocenters. The van der Waals surface area contributed by atoms with Gasteiger partial charge in [0.15, 0.2) is 0 Å². The van der Waals surface area contributed by atoms with Gasteiger partial charge in [-0.1, -0.05) is 6.07 Å². The Morgan fingerprint density at radius 1 is 1.50 bits per heavy atom. The second kappa shape index (κ2) is 4.65. The molecule has 0 radical (unpaired) electrons. The van der Waals surface area contributed by atoms with Crippen molar-refractivity contribution in [2.75, 3.05) is 7.11 Å². The van der Waals surface area contributed by atoms with Gasteiger partial charge in [0.1, 0.15) is 5.56 Å². The summed E-state index contributed by atoms with van der Waals surface area (Å²) in [5, 5.41) is 10.6. The molecule has 1 aromatic carbocycles. The minimum Gasteiger partial charge on any atom is -0.465 e. The molecule has 0 N–H and O–H groups in total. The fraction of sp³-hybridized carbons (Fsp3) is 0.222. The summed E-state index contributed by atoms with van der Waals surface area (Å²) >= 11 is 0. The number of para-hydroxylation sites is 1. The molecule has 1 aromatic rings. The molecule has 0 amide bonds. The summed E-state index contributed by atoms with van der Waals surface area (Å²) in [7, 11) is 1.01. The van der Waals surface area contributed by atoms with Crippen molar-refractivity contribution in [2.24, 2.45) is 0 Å². The van der Waals surface area contributed by atoms with E-state index in [0.29, 0.717) is 0 Å². The molecule has 0 saturated heterocycles. The second-order valence-corrected chi connectivity index (χ2v) is 2.79. The molecule has 86 valence electrons. The summed E-state index contributed by atoms with van der Waals surface area (Å²) < 4.78 is 29.2. The summed E-state index contributed by atoms with van der Waals surface area (Å²) in [6, 6.07) is 3.10. The highest BCUT2D eigenvalue weighted by Gasteiger charge is 2.28. The average Bonchev–Trinajstić information content (AvgIpc) is 2.26. The average molecular weight is 231 g/mol. The molecule has 0 spiro atoms. The number of nitro groups is 1. The zero-order valence-corrected chi connectivity index (χ0v) is 8.15. The molecular formula is C9H7F2NO4. The number of esters is 1. The van der Waals surface area contributed by atoms with Gasteiger partial charge in [0.2, 0.25) is 0 Å². The number of alkyl halides is 2.